The fraction of sp³-hybridized carbons (Fsp3) is 0.414. The third kappa shape index (κ3) is 10.6. The SMILES string of the molecule is Nc1nc2ncc(CNc3ccc(C(=O)N[C@@H](CCC(=O)C[C@H](C(=O)N[C@@H](CS)C(=O)O)[C@@H](O)[C@H](O)[C@H](O)CO)C(=O)O)cc3)nc2c(=O)[nH]1. The van der Waals surface area contributed by atoms with Crippen LogP contribution in [0.1, 0.15) is 35.3 Å². The number of hydrogen-bond donors (Lipinski definition) is 12. The van der Waals surface area contributed by atoms with Crippen molar-refractivity contribution in [3.63, 3.8) is 0 Å². The summed E-state index contributed by atoms with van der Waals surface area (Å²) < 4.78 is 0. The second-order valence-corrected chi connectivity index (χ2v) is 11.3. The molecule has 0 saturated carbocycles. The molecule has 0 aliphatic heterocycles. The number of H-pyrrole nitrogens is 1. The molecule has 2 amide bonds. The molecule has 0 aliphatic rings. The van der Waals surface area contributed by atoms with Gasteiger partial charge in [-0.3, -0.25) is 24.2 Å². The van der Waals surface area contributed by atoms with E-state index < -0.39 is 97.3 Å². The van der Waals surface area contributed by atoms with E-state index in [0.717, 1.165) is 0 Å². The number of aromatic nitrogens is 4. The van der Waals surface area contributed by atoms with Crippen LogP contribution in [-0.2, 0) is 25.7 Å². The highest BCUT2D eigenvalue weighted by atomic mass is 32.1. The van der Waals surface area contributed by atoms with E-state index >= 15 is 0 Å². The highest BCUT2D eigenvalue weighted by molar-refractivity contribution is 7.80. The first-order chi connectivity index (χ1) is 23.6. The average molecular weight is 721 g/mol. The minimum atomic E-state index is -2.13. The Kier molecular flexibility index (Phi) is 14.1. The molecule has 2 heterocycles. The Balaban J connectivity index is 1.61. The van der Waals surface area contributed by atoms with Crippen LogP contribution in [0.4, 0.5) is 11.6 Å². The smallest absolute Gasteiger partial charge is 0.327 e. The maximum absolute atomic E-state index is 12.8. The molecule has 0 saturated heterocycles. The van der Waals surface area contributed by atoms with Crippen molar-refractivity contribution in [2.45, 2.75) is 56.2 Å². The largest absolute Gasteiger partial charge is 0.480 e. The molecule has 0 radical (unpaired) electrons. The van der Waals surface area contributed by atoms with Crippen LogP contribution in [0.5, 0.6) is 0 Å². The van der Waals surface area contributed by atoms with Crippen molar-refractivity contribution in [3.8, 4) is 0 Å². The zero-order chi connectivity index (χ0) is 37.1. The monoisotopic (exact) mass is 720 g/mol. The number of aliphatic hydroxyl groups excluding tert-OH is 4. The summed E-state index contributed by atoms with van der Waals surface area (Å²) >= 11 is 3.82. The van der Waals surface area contributed by atoms with Gasteiger partial charge in [-0.1, -0.05) is 0 Å². The molecule has 270 valence electrons. The summed E-state index contributed by atoms with van der Waals surface area (Å²) in [4.78, 5) is 88.3. The number of ketones is 1. The van der Waals surface area contributed by atoms with Gasteiger partial charge < -0.3 is 52.3 Å². The van der Waals surface area contributed by atoms with Crippen molar-refractivity contribution in [2.24, 2.45) is 5.92 Å². The fourth-order valence-electron chi connectivity index (χ4n) is 4.55. The molecule has 6 atom stereocenters. The number of benzene rings is 1. The Bertz CT molecular complexity index is 1760. The molecule has 0 bridgehead atoms. The average Bonchev–Trinajstić information content (AvgIpc) is 3.09. The molecular formula is C29H36N8O12S. The Labute approximate surface area is 287 Å². The van der Waals surface area contributed by atoms with Crippen LogP contribution in [-0.4, -0.2) is 123 Å². The first-order valence-electron chi connectivity index (χ1n) is 14.8. The van der Waals surface area contributed by atoms with E-state index in [-0.39, 0.29) is 35.0 Å². The number of carboxylic acids is 2. The van der Waals surface area contributed by atoms with Gasteiger partial charge in [-0.2, -0.15) is 17.6 Å². The normalized spacial score (nSPS) is 14.8. The lowest BCUT2D eigenvalue weighted by atomic mass is 9.88. The molecule has 3 aromatic rings. The minimum absolute atomic E-state index is 0.00193. The number of hydrogen-bond acceptors (Lipinski definition) is 16. The summed E-state index contributed by atoms with van der Waals surface area (Å²) in [5.74, 6) is -8.00. The Morgan fingerprint density at radius 3 is 2.20 bits per heavy atom. The number of nitrogens with one attached hydrogen (secondary N) is 4. The van der Waals surface area contributed by atoms with E-state index in [1.165, 1.54) is 30.5 Å². The Hall–Kier alpha value is -5.22. The highest BCUT2D eigenvalue weighted by Crippen LogP contribution is 2.19. The number of carboxylic acid groups (broad SMARTS) is 2. The van der Waals surface area contributed by atoms with Gasteiger partial charge in [-0.25, -0.2) is 19.6 Å². The fourth-order valence-corrected chi connectivity index (χ4v) is 4.79. The van der Waals surface area contributed by atoms with Crippen LogP contribution in [0, 0.1) is 5.92 Å². The molecule has 1 aromatic carbocycles. The molecule has 0 aliphatic carbocycles. The topological polar surface area (TPSA) is 340 Å². The van der Waals surface area contributed by atoms with Crippen molar-refractivity contribution in [3.05, 3.63) is 52.1 Å². The number of Topliss-reactive ketones (excluding diaryl/α,β-unsaturated/α-hetero) is 1. The number of anilines is 2. The number of aromatic amines is 1. The zero-order valence-electron chi connectivity index (χ0n) is 26.1. The van der Waals surface area contributed by atoms with Crippen LogP contribution in [0.3, 0.4) is 0 Å². The summed E-state index contributed by atoms with van der Waals surface area (Å²) in [5, 5.41) is 65.7. The number of nitrogen functional groups attached to an aromatic ring is 1. The van der Waals surface area contributed by atoms with Crippen molar-refractivity contribution < 1.29 is 54.6 Å². The van der Waals surface area contributed by atoms with Crippen LogP contribution in [0.25, 0.3) is 11.2 Å². The molecular weight excluding hydrogens is 684 g/mol. The molecule has 21 heteroatoms. The van der Waals surface area contributed by atoms with Gasteiger partial charge in [0.2, 0.25) is 11.9 Å². The van der Waals surface area contributed by atoms with Crippen molar-refractivity contribution in [1.82, 2.24) is 30.6 Å². The van der Waals surface area contributed by atoms with Gasteiger partial charge in [-0.05, 0) is 30.7 Å². The number of nitrogens with two attached hydrogens (primary N) is 1. The summed E-state index contributed by atoms with van der Waals surface area (Å²) in [5.41, 5.74) is 6.03. The van der Waals surface area contributed by atoms with Crippen LogP contribution in [0.2, 0.25) is 0 Å². The number of aliphatic carboxylic acids is 2. The van der Waals surface area contributed by atoms with Gasteiger partial charge in [-0.15, -0.1) is 0 Å². The van der Waals surface area contributed by atoms with Crippen LogP contribution < -0.4 is 27.2 Å². The molecule has 50 heavy (non-hydrogen) atoms. The van der Waals surface area contributed by atoms with E-state index in [9.17, 15) is 54.3 Å². The molecule has 0 unspecified atom stereocenters. The third-order valence-corrected chi connectivity index (χ3v) is 7.71. The maximum atomic E-state index is 12.8. The van der Waals surface area contributed by atoms with Gasteiger partial charge in [0.15, 0.2) is 11.2 Å². The number of carbonyl (C=O) groups excluding carboxylic acids is 3. The van der Waals surface area contributed by atoms with E-state index in [2.05, 4.69) is 48.5 Å². The molecule has 0 spiro atoms. The van der Waals surface area contributed by atoms with E-state index in [1.54, 1.807) is 0 Å². The van der Waals surface area contributed by atoms with E-state index in [0.29, 0.717) is 11.4 Å². The Morgan fingerprint density at radius 1 is 0.940 bits per heavy atom. The molecule has 20 nitrogen and oxygen atoms in total. The molecule has 0 fully saturated rings. The number of amides is 2. The van der Waals surface area contributed by atoms with E-state index in [4.69, 9.17) is 10.8 Å². The molecule has 2 aromatic heterocycles. The molecule has 3 rings (SSSR count). The number of nitrogens with zero attached hydrogens (tertiary/aromatic N) is 3. The number of aliphatic hydroxyl groups is 4. The van der Waals surface area contributed by atoms with Crippen LogP contribution in [0.15, 0.2) is 35.3 Å². The lowest BCUT2D eigenvalue weighted by Gasteiger charge is -2.28. The zero-order valence-corrected chi connectivity index (χ0v) is 27.0. The van der Waals surface area contributed by atoms with E-state index in [1.807, 2.05) is 0 Å². The van der Waals surface area contributed by atoms with Gasteiger partial charge in [0.25, 0.3) is 11.5 Å². The summed E-state index contributed by atoms with van der Waals surface area (Å²) in [7, 11) is 0. The minimum Gasteiger partial charge on any atom is -0.480 e. The summed E-state index contributed by atoms with van der Waals surface area (Å²) in [6, 6.07) is 2.76. The standard InChI is InChI=1S/C29H36N8O12S/c30-29-36-23-20(26(45)37-29)33-14(9-32-23)8-31-13-3-1-12(2-4-13)24(43)34-17(27(46)47)6-5-15(39)7-16(21(41)22(42)19(40)10-38)25(44)35-18(11-50)28(48)49/h1-4,9,16-19,21-22,31,38,40-42,50H,5-8,10-11H2,(H,34,43)(H,35,44)(H,46,47)(H,48,49)(H3,30,32,36,37,45)/t16-,17-,18-,19+,21+,22+/m0/s1. The quantitative estimate of drug-likeness (QED) is 0.0550. The lowest BCUT2D eigenvalue weighted by Crippen LogP contribution is -2.52. The summed E-state index contributed by atoms with van der Waals surface area (Å²) in [6.45, 7) is -0.865. The number of fused-ring (bicyclic) bond motifs is 1. The predicted octanol–water partition coefficient (Wildman–Crippen LogP) is -2.98. The Morgan fingerprint density at radius 2 is 1.60 bits per heavy atom. The van der Waals surface area contributed by atoms with Crippen molar-refractivity contribution in [1.29, 1.82) is 0 Å². The van der Waals surface area contributed by atoms with Crippen molar-refractivity contribution >= 4 is 65.0 Å². The van der Waals surface area contributed by atoms with Gasteiger partial charge in [0.1, 0.15) is 30.1 Å². The van der Waals surface area contributed by atoms with Crippen LogP contribution >= 0.6 is 12.6 Å². The first kappa shape index (κ1) is 39.2. The lowest BCUT2D eigenvalue weighted by molar-refractivity contribution is -0.147. The first-order valence-corrected chi connectivity index (χ1v) is 15.5. The number of rotatable bonds is 19. The van der Waals surface area contributed by atoms with Gasteiger partial charge in [0.05, 0.1) is 37.1 Å². The predicted molar refractivity (Wildman–Crippen MR) is 176 cm³/mol. The number of carbonyl (C=O) groups is 5. The van der Waals surface area contributed by atoms with Gasteiger partial charge >= 0.3 is 11.9 Å². The second-order valence-electron chi connectivity index (χ2n) is 11.0. The molecule has 12 N–H and O–H groups in total. The summed E-state index contributed by atoms with van der Waals surface area (Å²) in [6.07, 6.45) is -6.54. The number of thiol groups is 1. The second kappa shape index (κ2) is 18.0. The third-order valence-electron chi connectivity index (χ3n) is 7.35. The van der Waals surface area contributed by atoms with Gasteiger partial charge in [0, 0.05) is 29.8 Å². The highest BCUT2D eigenvalue weighted by Gasteiger charge is 2.38. The maximum Gasteiger partial charge on any atom is 0.327 e. The van der Waals surface area contributed by atoms with Crippen molar-refractivity contribution in [2.75, 3.05) is 23.4 Å².